The fourth-order valence-corrected chi connectivity index (χ4v) is 6.32. The first-order valence-electron chi connectivity index (χ1n) is 15.2. The monoisotopic (exact) mass is 652 g/mol. The summed E-state index contributed by atoms with van der Waals surface area (Å²) in [5, 5.41) is 5.61. The molecule has 3 aromatic heterocycles. The van der Waals surface area contributed by atoms with E-state index in [-0.39, 0.29) is 24.2 Å². The van der Waals surface area contributed by atoms with Gasteiger partial charge in [0.15, 0.2) is 17.3 Å². The van der Waals surface area contributed by atoms with Gasteiger partial charge in [0.25, 0.3) is 5.79 Å². The van der Waals surface area contributed by atoms with E-state index >= 15 is 4.39 Å². The summed E-state index contributed by atoms with van der Waals surface area (Å²) in [6, 6.07) is 7.05. The van der Waals surface area contributed by atoms with Crippen molar-refractivity contribution in [3.8, 4) is 23.0 Å². The number of aromatic nitrogens is 6. The average Bonchev–Trinajstić information content (AvgIpc) is 3.73. The van der Waals surface area contributed by atoms with Gasteiger partial charge in [0.2, 0.25) is 5.82 Å². The number of hydrogen-bond donors (Lipinski definition) is 1. The molecule has 2 fully saturated rings. The second-order valence-electron chi connectivity index (χ2n) is 11.9. The van der Waals surface area contributed by atoms with Crippen LogP contribution < -0.4 is 9.47 Å². The number of rotatable bonds is 9. The molecule has 0 bridgehead atoms. The van der Waals surface area contributed by atoms with Gasteiger partial charge in [-0.15, -0.1) is 0 Å². The summed E-state index contributed by atoms with van der Waals surface area (Å²) in [6.45, 7) is 11.5. The first-order chi connectivity index (χ1) is 22.6. The Kier molecular flexibility index (Phi) is 7.83. The van der Waals surface area contributed by atoms with Crippen LogP contribution in [0.4, 0.5) is 17.6 Å². The smallest absolute Gasteiger partial charge is 0.443 e. The molecule has 11 nitrogen and oxygen atoms in total. The first kappa shape index (κ1) is 31.0. The largest absolute Gasteiger partial charge is 0.451 e. The Bertz CT molecular complexity index is 1870. The summed E-state index contributed by atoms with van der Waals surface area (Å²) in [5.41, 5.74) is 2.54. The molecule has 15 heteroatoms. The Labute approximate surface area is 267 Å². The van der Waals surface area contributed by atoms with Crippen molar-refractivity contribution >= 4 is 16.7 Å². The second kappa shape index (κ2) is 11.9. The summed E-state index contributed by atoms with van der Waals surface area (Å²) in [4.78, 5) is 18.9. The number of benzene rings is 1. The number of fused-ring (bicyclic) bond motifs is 2. The van der Waals surface area contributed by atoms with Crippen LogP contribution in [0.2, 0.25) is 0 Å². The molecule has 0 radical (unpaired) electrons. The van der Waals surface area contributed by atoms with Crippen LogP contribution >= 0.6 is 0 Å². The number of aliphatic imine (C=N–C) groups is 1. The topological polar surface area (TPSA) is 116 Å². The zero-order chi connectivity index (χ0) is 32.9. The molecule has 4 atom stereocenters. The maximum atomic E-state index is 16.1. The third-order valence-electron chi connectivity index (χ3n) is 8.77. The molecule has 1 aromatic carbocycles. The molecular weight excluding hydrogens is 620 g/mol. The van der Waals surface area contributed by atoms with E-state index in [4.69, 9.17) is 19.2 Å². The fourth-order valence-electron chi connectivity index (χ4n) is 6.32. The lowest BCUT2D eigenvalue weighted by Gasteiger charge is -2.35. The van der Waals surface area contributed by atoms with Gasteiger partial charge >= 0.3 is 6.18 Å². The molecule has 0 amide bonds. The number of imidazole rings is 1. The van der Waals surface area contributed by atoms with Gasteiger partial charge in [-0.1, -0.05) is 25.3 Å². The lowest BCUT2D eigenvalue weighted by Crippen LogP contribution is -2.43. The minimum absolute atomic E-state index is 0.000882. The van der Waals surface area contributed by atoms with Crippen molar-refractivity contribution in [1.29, 1.82) is 0 Å². The number of pyridine rings is 1. The van der Waals surface area contributed by atoms with Crippen molar-refractivity contribution in [2.45, 2.75) is 63.0 Å². The molecular formula is C32H32F4N8O3. The molecule has 4 aromatic rings. The Morgan fingerprint density at radius 1 is 1.21 bits per heavy atom. The Morgan fingerprint density at radius 2 is 2.04 bits per heavy atom. The third kappa shape index (κ3) is 5.78. The summed E-state index contributed by atoms with van der Waals surface area (Å²) in [7, 11) is 0. The van der Waals surface area contributed by atoms with E-state index in [1.807, 2.05) is 26.7 Å². The molecule has 3 aliphatic rings. The predicted molar refractivity (Wildman–Crippen MR) is 164 cm³/mol. The van der Waals surface area contributed by atoms with Crippen molar-refractivity contribution in [3.63, 3.8) is 0 Å². The Balaban J connectivity index is 1.11. The lowest BCUT2D eigenvalue weighted by molar-refractivity contribution is -0.144. The van der Waals surface area contributed by atoms with Crippen molar-refractivity contribution < 1.29 is 31.8 Å². The van der Waals surface area contributed by atoms with E-state index in [0.29, 0.717) is 66.7 Å². The standard InChI is InChI=1S/C32H32F4N8O3/c1-4-26(37-5-2)31(3)46-25-8-6-7-20(28(25)47-31)19-9-11-43(16-21(19)33)17-27-39-22-13-23(29-40-30(42-41-29)32(34,35)36)38-14-24(22)44(27)15-18-10-12-45-18/h4-8,13-14,18-19,21H,1-2,9-12,15-17H2,3H3,(H,40,41,42)/t18-,19+,21-,31-/m0/s1. The zero-order valence-electron chi connectivity index (χ0n) is 25.5. The van der Waals surface area contributed by atoms with Crippen molar-refractivity contribution in [1.82, 2.24) is 34.6 Å². The second-order valence-corrected chi connectivity index (χ2v) is 11.9. The normalized spacial score (nSPS) is 24.8. The summed E-state index contributed by atoms with van der Waals surface area (Å²) in [6.07, 6.45) is 0.0288. The maximum absolute atomic E-state index is 16.1. The van der Waals surface area contributed by atoms with Crippen molar-refractivity contribution in [2.24, 2.45) is 4.99 Å². The molecule has 246 valence electrons. The van der Waals surface area contributed by atoms with E-state index in [1.165, 1.54) is 6.20 Å². The minimum atomic E-state index is -4.66. The van der Waals surface area contributed by atoms with Crippen LogP contribution in [0.25, 0.3) is 22.6 Å². The zero-order valence-corrected chi connectivity index (χ0v) is 25.5. The molecule has 6 heterocycles. The van der Waals surface area contributed by atoms with E-state index in [9.17, 15) is 13.2 Å². The number of H-pyrrole nitrogens is 1. The molecule has 0 saturated carbocycles. The minimum Gasteiger partial charge on any atom is -0.443 e. The number of para-hydroxylation sites is 1. The molecule has 0 aliphatic carbocycles. The summed E-state index contributed by atoms with van der Waals surface area (Å²) >= 11 is 0. The predicted octanol–water partition coefficient (Wildman–Crippen LogP) is 5.61. The fraction of sp³-hybridized carbons (Fsp3) is 0.406. The van der Waals surface area contributed by atoms with E-state index in [1.54, 1.807) is 31.3 Å². The average molecular weight is 653 g/mol. The number of hydrogen-bond acceptors (Lipinski definition) is 9. The number of halogens is 4. The number of piperidine rings is 1. The Morgan fingerprint density at radius 3 is 2.72 bits per heavy atom. The van der Waals surface area contributed by atoms with Gasteiger partial charge in [-0.2, -0.15) is 18.3 Å². The summed E-state index contributed by atoms with van der Waals surface area (Å²) in [5.74, 6) is -1.34. The van der Waals surface area contributed by atoms with E-state index < -0.39 is 29.9 Å². The van der Waals surface area contributed by atoms with Gasteiger partial charge in [-0.3, -0.25) is 20.0 Å². The molecule has 1 N–H and O–H groups in total. The van der Waals surface area contributed by atoms with Crippen LogP contribution in [0, 0.1) is 0 Å². The highest BCUT2D eigenvalue weighted by atomic mass is 19.4. The van der Waals surface area contributed by atoms with Crippen LogP contribution in [0.3, 0.4) is 0 Å². The lowest BCUT2D eigenvalue weighted by atomic mass is 9.87. The Hall–Kier alpha value is -4.63. The van der Waals surface area contributed by atoms with E-state index in [2.05, 4.69) is 33.2 Å². The number of nitrogens with zero attached hydrogens (tertiary/aromatic N) is 7. The van der Waals surface area contributed by atoms with Gasteiger partial charge in [-0.25, -0.2) is 14.4 Å². The molecule has 3 aliphatic heterocycles. The van der Waals surface area contributed by atoms with Crippen LogP contribution in [0.5, 0.6) is 11.5 Å². The van der Waals surface area contributed by atoms with Crippen LogP contribution in [0.15, 0.2) is 60.9 Å². The maximum Gasteiger partial charge on any atom is 0.451 e. The first-order valence-corrected chi connectivity index (χ1v) is 15.2. The van der Waals surface area contributed by atoms with Gasteiger partial charge < -0.3 is 18.8 Å². The number of nitrogens with one attached hydrogen (secondary N) is 1. The van der Waals surface area contributed by atoms with Crippen LogP contribution in [-0.4, -0.2) is 78.1 Å². The number of likely N-dealkylation sites (tertiary alicyclic amines) is 1. The van der Waals surface area contributed by atoms with Crippen molar-refractivity contribution in [2.75, 3.05) is 19.7 Å². The SMILES string of the molecule is C=CN=C(C=C)[C@@]1(C)Oc2cccc([C@H]3CCN(Cc4nc5cc(-c6n[nH]c(C(F)(F)F)n6)ncc5n4C[C@@H]4CCO4)C[C@@H]3F)c2O1. The number of ether oxygens (including phenoxy) is 3. The molecule has 0 unspecified atom stereocenters. The highest BCUT2D eigenvalue weighted by molar-refractivity contribution is 6.01. The van der Waals surface area contributed by atoms with Gasteiger partial charge in [-0.05, 0) is 37.6 Å². The third-order valence-corrected chi connectivity index (χ3v) is 8.77. The molecule has 2 saturated heterocycles. The van der Waals surface area contributed by atoms with Crippen molar-refractivity contribution in [3.05, 3.63) is 73.1 Å². The molecule has 7 rings (SSSR count). The van der Waals surface area contributed by atoms with Crippen LogP contribution in [-0.2, 0) is 24.0 Å². The van der Waals surface area contributed by atoms with Gasteiger partial charge in [0.05, 0.1) is 36.4 Å². The molecule has 0 spiro atoms. The number of aromatic amines is 1. The highest BCUT2D eigenvalue weighted by Gasteiger charge is 2.44. The van der Waals surface area contributed by atoms with Gasteiger partial charge in [0, 0.05) is 37.8 Å². The number of alkyl halides is 4. The van der Waals surface area contributed by atoms with Crippen LogP contribution in [0.1, 0.15) is 42.9 Å². The quantitative estimate of drug-likeness (QED) is 0.183. The highest BCUT2D eigenvalue weighted by Crippen LogP contribution is 2.47. The summed E-state index contributed by atoms with van der Waals surface area (Å²) < 4.78 is 75.3. The van der Waals surface area contributed by atoms with E-state index in [0.717, 1.165) is 12.0 Å². The van der Waals surface area contributed by atoms with Gasteiger partial charge in [0.1, 0.15) is 23.4 Å². The molecule has 47 heavy (non-hydrogen) atoms.